The molecule has 0 unspecified atom stereocenters. The van der Waals surface area contributed by atoms with Crippen molar-refractivity contribution < 1.29 is 5.11 Å². The van der Waals surface area contributed by atoms with E-state index in [9.17, 15) is 5.11 Å². The van der Waals surface area contributed by atoms with Crippen LogP contribution in [-0.4, -0.2) is 45.4 Å². The Morgan fingerprint density at radius 2 is 1.93 bits per heavy atom. The first-order valence-corrected chi connectivity index (χ1v) is 9.81. The zero-order valence-electron chi connectivity index (χ0n) is 16.7. The Morgan fingerprint density at radius 1 is 1.14 bits per heavy atom. The SMILES string of the molecule is C=CCc1cccc(C=Nc2nc3ccccc3n2CCN(CC)CC)c1O. The quantitative estimate of drug-likeness (QED) is 0.440. The Balaban J connectivity index is 1.94. The summed E-state index contributed by atoms with van der Waals surface area (Å²) in [6, 6.07) is 13.8. The van der Waals surface area contributed by atoms with Gasteiger partial charge in [0, 0.05) is 24.9 Å². The van der Waals surface area contributed by atoms with Gasteiger partial charge in [0.1, 0.15) is 5.75 Å². The van der Waals surface area contributed by atoms with Crippen molar-refractivity contribution >= 4 is 23.2 Å². The molecular formula is C23H28N4O. The number of nitrogens with zero attached hydrogens (tertiary/aromatic N) is 4. The fourth-order valence-corrected chi connectivity index (χ4v) is 3.33. The number of rotatable bonds is 9. The Morgan fingerprint density at radius 3 is 2.68 bits per heavy atom. The van der Waals surface area contributed by atoms with Gasteiger partial charge in [0.15, 0.2) is 0 Å². The minimum absolute atomic E-state index is 0.247. The molecule has 0 saturated heterocycles. The minimum atomic E-state index is 0.247. The molecule has 0 bridgehead atoms. The molecule has 28 heavy (non-hydrogen) atoms. The molecular weight excluding hydrogens is 348 g/mol. The largest absolute Gasteiger partial charge is 0.507 e. The van der Waals surface area contributed by atoms with Gasteiger partial charge in [0.05, 0.1) is 11.0 Å². The molecule has 0 aliphatic rings. The van der Waals surface area contributed by atoms with Crippen LogP contribution in [-0.2, 0) is 13.0 Å². The highest BCUT2D eigenvalue weighted by atomic mass is 16.3. The van der Waals surface area contributed by atoms with Gasteiger partial charge in [-0.05, 0) is 43.3 Å². The second-order valence-corrected chi connectivity index (χ2v) is 6.69. The van der Waals surface area contributed by atoms with Gasteiger partial charge in [-0.25, -0.2) is 9.98 Å². The number of hydrogen-bond donors (Lipinski definition) is 1. The number of aromatic nitrogens is 2. The van der Waals surface area contributed by atoms with Gasteiger partial charge >= 0.3 is 0 Å². The molecule has 0 amide bonds. The van der Waals surface area contributed by atoms with Crippen LogP contribution in [0.1, 0.15) is 25.0 Å². The zero-order chi connectivity index (χ0) is 19.9. The minimum Gasteiger partial charge on any atom is -0.507 e. The summed E-state index contributed by atoms with van der Waals surface area (Å²) in [5, 5.41) is 10.5. The van der Waals surface area contributed by atoms with E-state index >= 15 is 0 Å². The summed E-state index contributed by atoms with van der Waals surface area (Å²) in [4.78, 5) is 11.7. The van der Waals surface area contributed by atoms with Crippen LogP contribution in [0.3, 0.4) is 0 Å². The number of imidazole rings is 1. The number of aliphatic imine (C=N–C) groups is 1. The van der Waals surface area contributed by atoms with Crippen molar-refractivity contribution in [3.63, 3.8) is 0 Å². The van der Waals surface area contributed by atoms with Crippen molar-refractivity contribution in [3.8, 4) is 5.75 Å². The van der Waals surface area contributed by atoms with Crippen LogP contribution < -0.4 is 0 Å². The van der Waals surface area contributed by atoms with Crippen molar-refractivity contribution in [2.45, 2.75) is 26.8 Å². The number of aromatic hydroxyl groups is 1. The Hall–Kier alpha value is -2.92. The number of phenolic OH excluding ortho intramolecular Hbond substituents is 1. The van der Waals surface area contributed by atoms with Crippen LogP contribution in [0.25, 0.3) is 11.0 Å². The predicted octanol–water partition coefficient (Wildman–Crippen LogP) is 4.56. The Labute approximate surface area is 166 Å². The van der Waals surface area contributed by atoms with E-state index < -0.39 is 0 Å². The Kier molecular flexibility index (Phi) is 6.61. The number of phenols is 1. The first-order valence-electron chi connectivity index (χ1n) is 9.81. The third kappa shape index (κ3) is 4.31. The standard InChI is InChI=1S/C23H28N4O/c1-4-10-18-11-9-12-19(22(18)28)17-24-23-25-20-13-7-8-14-21(20)27(23)16-15-26(5-2)6-3/h4,7-9,11-14,17,28H,1,5-6,10,15-16H2,2-3H3. The molecule has 1 aromatic heterocycles. The van der Waals surface area contributed by atoms with Gasteiger partial charge in [0.25, 0.3) is 0 Å². The Bertz CT molecular complexity index is 970. The van der Waals surface area contributed by atoms with E-state index in [0.717, 1.165) is 42.8 Å². The summed E-state index contributed by atoms with van der Waals surface area (Å²) in [7, 11) is 0. The highest BCUT2D eigenvalue weighted by molar-refractivity contribution is 5.86. The summed E-state index contributed by atoms with van der Waals surface area (Å²) >= 11 is 0. The molecule has 0 spiro atoms. The lowest BCUT2D eigenvalue weighted by Gasteiger charge is -2.18. The first-order chi connectivity index (χ1) is 13.7. The van der Waals surface area contributed by atoms with E-state index in [-0.39, 0.29) is 5.75 Å². The van der Waals surface area contributed by atoms with Crippen LogP contribution in [0.2, 0.25) is 0 Å². The van der Waals surface area contributed by atoms with Crippen LogP contribution in [0, 0.1) is 0 Å². The topological polar surface area (TPSA) is 53.7 Å². The fourth-order valence-electron chi connectivity index (χ4n) is 3.33. The third-order valence-corrected chi connectivity index (χ3v) is 5.00. The van der Waals surface area contributed by atoms with Crippen LogP contribution in [0.5, 0.6) is 5.75 Å². The lowest BCUT2D eigenvalue weighted by molar-refractivity contribution is 0.292. The maximum Gasteiger partial charge on any atom is 0.230 e. The monoisotopic (exact) mass is 376 g/mol. The molecule has 1 heterocycles. The van der Waals surface area contributed by atoms with Gasteiger partial charge in [-0.1, -0.05) is 44.2 Å². The number of fused-ring (bicyclic) bond motifs is 1. The van der Waals surface area contributed by atoms with E-state index in [1.807, 2.05) is 36.4 Å². The van der Waals surface area contributed by atoms with Crippen LogP contribution in [0.4, 0.5) is 5.95 Å². The maximum atomic E-state index is 10.5. The molecule has 0 atom stereocenters. The molecule has 3 aromatic rings. The molecule has 0 aliphatic heterocycles. The molecule has 1 N–H and O–H groups in total. The molecule has 0 aliphatic carbocycles. The average molecular weight is 377 g/mol. The number of hydrogen-bond acceptors (Lipinski definition) is 4. The number of para-hydroxylation sites is 3. The van der Waals surface area contributed by atoms with Gasteiger partial charge in [0.2, 0.25) is 5.95 Å². The molecule has 0 saturated carbocycles. The summed E-state index contributed by atoms with van der Waals surface area (Å²) < 4.78 is 2.15. The summed E-state index contributed by atoms with van der Waals surface area (Å²) in [6.07, 6.45) is 4.09. The summed E-state index contributed by atoms with van der Waals surface area (Å²) in [6.45, 7) is 11.9. The molecule has 5 heteroatoms. The van der Waals surface area contributed by atoms with Crippen molar-refractivity contribution in [2.75, 3.05) is 19.6 Å². The molecule has 3 rings (SSSR count). The molecule has 2 aromatic carbocycles. The predicted molar refractivity (Wildman–Crippen MR) is 117 cm³/mol. The second kappa shape index (κ2) is 9.33. The fraction of sp³-hybridized carbons (Fsp3) is 0.304. The zero-order valence-corrected chi connectivity index (χ0v) is 16.7. The molecule has 146 valence electrons. The molecule has 0 radical (unpaired) electrons. The van der Waals surface area contributed by atoms with Gasteiger partial charge in [-0.15, -0.1) is 6.58 Å². The molecule has 0 fully saturated rings. The maximum absolute atomic E-state index is 10.5. The smallest absolute Gasteiger partial charge is 0.230 e. The number of allylic oxidation sites excluding steroid dienone is 1. The summed E-state index contributed by atoms with van der Waals surface area (Å²) in [5.74, 6) is 0.902. The first kappa shape index (κ1) is 19.8. The highest BCUT2D eigenvalue weighted by Gasteiger charge is 2.11. The lowest BCUT2D eigenvalue weighted by Crippen LogP contribution is -2.26. The van der Waals surface area contributed by atoms with Gasteiger partial charge < -0.3 is 14.6 Å². The second-order valence-electron chi connectivity index (χ2n) is 6.69. The van der Waals surface area contributed by atoms with E-state index in [1.54, 1.807) is 12.3 Å². The van der Waals surface area contributed by atoms with Crippen LogP contribution in [0.15, 0.2) is 60.1 Å². The van der Waals surface area contributed by atoms with Crippen molar-refractivity contribution in [1.29, 1.82) is 0 Å². The number of benzene rings is 2. The number of likely N-dealkylation sites (N-methyl/N-ethyl adjacent to an activating group) is 1. The van der Waals surface area contributed by atoms with Crippen molar-refractivity contribution in [2.24, 2.45) is 4.99 Å². The average Bonchev–Trinajstić information content (AvgIpc) is 3.07. The van der Waals surface area contributed by atoms with E-state index in [1.165, 1.54) is 0 Å². The van der Waals surface area contributed by atoms with E-state index in [4.69, 9.17) is 4.98 Å². The van der Waals surface area contributed by atoms with Gasteiger partial charge in [-0.3, -0.25) is 0 Å². The van der Waals surface area contributed by atoms with E-state index in [2.05, 4.69) is 41.0 Å². The highest BCUT2D eigenvalue weighted by Crippen LogP contribution is 2.24. The van der Waals surface area contributed by atoms with Crippen LogP contribution >= 0.6 is 0 Å². The third-order valence-electron chi connectivity index (χ3n) is 5.00. The molecule has 5 nitrogen and oxygen atoms in total. The van der Waals surface area contributed by atoms with Gasteiger partial charge in [-0.2, -0.15) is 0 Å². The summed E-state index contributed by atoms with van der Waals surface area (Å²) in [5.41, 5.74) is 3.53. The van der Waals surface area contributed by atoms with Crippen molar-refractivity contribution in [3.05, 3.63) is 66.2 Å². The van der Waals surface area contributed by atoms with Crippen molar-refractivity contribution in [1.82, 2.24) is 14.5 Å². The van der Waals surface area contributed by atoms with E-state index in [0.29, 0.717) is 17.9 Å². The normalized spacial score (nSPS) is 11.7. The lowest BCUT2D eigenvalue weighted by atomic mass is 10.1.